The molecule has 2 aliphatic rings. The van der Waals surface area contributed by atoms with E-state index in [2.05, 4.69) is 6.07 Å². The zero-order valence-corrected chi connectivity index (χ0v) is 9.58. The molecule has 0 radical (unpaired) electrons. The average molecular weight is 209 g/mol. The van der Waals surface area contributed by atoms with Crippen LogP contribution in [0.2, 0.25) is 0 Å². The number of rotatable bonds is 1. The van der Waals surface area contributed by atoms with Crippen LogP contribution in [0.15, 0.2) is 0 Å². The summed E-state index contributed by atoms with van der Waals surface area (Å²) in [4.78, 5) is 0. The molecule has 3 nitrogen and oxygen atoms in total. The molecular formula is C12H19NO2. The molecule has 1 saturated heterocycles. The zero-order chi connectivity index (χ0) is 10.9. The van der Waals surface area contributed by atoms with Crippen LogP contribution in [0.3, 0.4) is 0 Å². The second kappa shape index (κ2) is 3.77. The largest absolute Gasteiger partial charge is 0.348 e. The van der Waals surface area contributed by atoms with Crippen LogP contribution in [0.25, 0.3) is 0 Å². The minimum Gasteiger partial charge on any atom is -0.348 e. The first-order valence-electron chi connectivity index (χ1n) is 5.77. The third-order valence-corrected chi connectivity index (χ3v) is 3.79. The van der Waals surface area contributed by atoms with Crippen LogP contribution in [0.5, 0.6) is 0 Å². The Kier molecular flexibility index (Phi) is 2.74. The second-order valence-corrected chi connectivity index (χ2v) is 5.23. The first-order chi connectivity index (χ1) is 7.08. The van der Waals surface area contributed by atoms with Crippen molar-refractivity contribution >= 4 is 0 Å². The highest BCUT2D eigenvalue weighted by Crippen LogP contribution is 2.45. The minimum atomic E-state index is -0.350. The van der Waals surface area contributed by atoms with E-state index in [1.54, 1.807) is 0 Å². The Balaban J connectivity index is 2.08. The number of hydrogen-bond donors (Lipinski definition) is 0. The molecular weight excluding hydrogens is 190 g/mol. The predicted octanol–water partition coefficient (Wildman–Crippen LogP) is 2.47. The molecule has 0 N–H and O–H groups in total. The summed E-state index contributed by atoms with van der Waals surface area (Å²) in [5.41, 5.74) is -0.261. The fourth-order valence-electron chi connectivity index (χ4n) is 2.66. The van der Waals surface area contributed by atoms with Gasteiger partial charge in [-0.15, -0.1) is 0 Å². The zero-order valence-electron chi connectivity index (χ0n) is 9.58. The molecule has 0 aromatic rings. The van der Waals surface area contributed by atoms with Gasteiger partial charge in [0.2, 0.25) is 0 Å². The Hall–Kier alpha value is -0.590. The molecule has 2 fully saturated rings. The highest BCUT2D eigenvalue weighted by Gasteiger charge is 2.45. The van der Waals surface area contributed by atoms with Gasteiger partial charge in [0.1, 0.15) is 0 Å². The summed E-state index contributed by atoms with van der Waals surface area (Å²) in [6.45, 7) is 5.46. The van der Waals surface area contributed by atoms with E-state index < -0.39 is 0 Å². The first kappa shape index (κ1) is 10.9. The Morgan fingerprint density at radius 1 is 1.33 bits per heavy atom. The van der Waals surface area contributed by atoms with E-state index in [0.29, 0.717) is 19.1 Å². The lowest BCUT2D eigenvalue weighted by atomic mass is 9.70. The van der Waals surface area contributed by atoms with Gasteiger partial charge in [-0.3, -0.25) is 0 Å². The number of ether oxygens (including phenoxy) is 2. The molecule has 15 heavy (non-hydrogen) atoms. The van der Waals surface area contributed by atoms with Crippen LogP contribution in [0, 0.1) is 22.7 Å². The van der Waals surface area contributed by atoms with E-state index in [9.17, 15) is 0 Å². The van der Waals surface area contributed by atoms with Gasteiger partial charge < -0.3 is 9.47 Å². The third-order valence-electron chi connectivity index (χ3n) is 3.79. The molecule has 84 valence electrons. The SMILES string of the molecule is CC(C)(C#N)C1CCCC2(C1)OCCO2. The summed E-state index contributed by atoms with van der Waals surface area (Å²) in [6.07, 6.45) is 4.10. The highest BCUT2D eigenvalue weighted by molar-refractivity contribution is 5.00. The van der Waals surface area contributed by atoms with Crippen molar-refractivity contribution in [3.8, 4) is 6.07 Å². The lowest BCUT2D eigenvalue weighted by Crippen LogP contribution is -2.40. The lowest BCUT2D eigenvalue weighted by Gasteiger charge is -2.40. The lowest BCUT2D eigenvalue weighted by molar-refractivity contribution is -0.192. The number of nitriles is 1. The monoisotopic (exact) mass is 209 g/mol. The Morgan fingerprint density at radius 3 is 2.60 bits per heavy atom. The van der Waals surface area contributed by atoms with E-state index in [1.165, 1.54) is 0 Å². The van der Waals surface area contributed by atoms with Crippen LogP contribution < -0.4 is 0 Å². The second-order valence-electron chi connectivity index (χ2n) is 5.23. The molecule has 0 amide bonds. The molecule has 0 aromatic heterocycles. The van der Waals surface area contributed by atoms with Gasteiger partial charge in [-0.2, -0.15) is 5.26 Å². The maximum Gasteiger partial charge on any atom is 0.168 e. The molecule has 0 aromatic carbocycles. The normalized spacial score (nSPS) is 30.3. The van der Waals surface area contributed by atoms with Gasteiger partial charge >= 0.3 is 0 Å². The summed E-state index contributed by atoms with van der Waals surface area (Å²) in [6, 6.07) is 2.41. The molecule has 1 spiro atoms. The van der Waals surface area contributed by atoms with Crippen molar-refractivity contribution in [3.05, 3.63) is 0 Å². The summed E-state index contributed by atoms with van der Waals surface area (Å²) in [5, 5.41) is 9.15. The van der Waals surface area contributed by atoms with E-state index >= 15 is 0 Å². The van der Waals surface area contributed by atoms with E-state index in [-0.39, 0.29) is 11.2 Å². The third kappa shape index (κ3) is 2.02. The van der Waals surface area contributed by atoms with Crippen molar-refractivity contribution < 1.29 is 9.47 Å². The van der Waals surface area contributed by atoms with E-state index in [4.69, 9.17) is 14.7 Å². The molecule has 1 aliphatic heterocycles. The Morgan fingerprint density at radius 2 is 2.00 bits per heavy atom. The van der Waals surface area contributed by atoms with Crippen LogP contribution in [-0.4, -0.2) is 19.0 Å². The summed E-state index contributed by atoms with van der Waals surface area (Å²) in [5.74, 6) is 0.0474. The Labute approximate surface area is 91.4 Å². The minimum absolute atomic E-state index is 0.261. The predicted molar refractivity (Wildman–Crippen MR) is 56.0 cm³/mol. The van der Waals surface area contributed by atoms with Crippen molar-refractivity contribution in [1.29, 1.82) is 5.26 Å². The van der Waals surface area contributed by atoms with Crippen LogP contribution >= 0.6 is 0 Å². The summed E-state index contributed by atoms with van der Waals surface area (Å²) < 4.78 is 11.4. The smallest absolute Gasteiger partial charge is 0.168 e. The fraction of sp³-hybridized carbons (Fsp3) is 0.917. The van der Waals surface area contributed by atoms with Crippen molar-refractivity contribution in [2.24, 2.45) is 11.3 Å². The number of nitrogens with zero attached hydrogens (tertiary/aromatic N) is 1. The van der Waals surface area contributed by atoms with Crippen LogP contribution in [-0.2, 0) is 9.47 Å². The van der Waals surface area contributed by atoms with Gasteiger partial charge in [-0.25, -0.2) is 0 Å². The molecule has 0 bridgehead atoms. The molecule has 1 saturated carbocycles. The molecule has 1 heterocycles. The maximum absolute atomic E-state index is 9.15. The maximum atomic E-state index is 9.15. The van der Waals surface area contributed by atoms with E-state index in [0.717, 1.165) is 25.7 Å². The molecule has 1 aliphatic carbocycles. The summed E-state index contributed by atoms with van der Waals surface area (Å²) in [7, 11) is 0. The molecule has 2 rings (SSSR count). The highest BCUT2D eigenvalue weighted by atomic mass is 16.7. The van der Waals surface area contributed by atoms with Crippen molar-refractivity contribution in [2.45, 2.75) is 45.3 Å². The van der Waals surface area contributed by atoms with Gasteiger partial charge in [-0.1, -0.05) is 0 Å². The van der Waals surface area contributed by atoms with Gasteiger partial charge in [0.25, 0.3) is 0 Å². The van der Waals surface area contributed by atoms with Crippen LogP contribution in [0.1, 0.15) is 39.5 Å². The van der Waals surface area contributed by atoms with Gasteiger partial charge in [-0.05, 0) is 32.6 Å². The van der Waals surface area contributed by atoms with Crippen molar-refractivity contribution in [3.63, 3.8) is 0 Å². The molecule has 1 unspecified atom stereocenters. The van der Waals surface area contributed by atoms with Crippen molar-refractivity contribution in [1.82, 2.24) is 0 Å². The van der Waals surface area contributed by atoms with Crippen molar-refractivity contribution in [2.75, 3.05) is 13.2 Å². The standard InChI is InChI=1S/C12H19NO2/c1-11(2,9-13)10-4-3-5-12(8-10)14-6-7-15-12/h10H,3-8H2,1-2H3. The fourth-order valence-corrected chi connectivity index (χ4v) is 2.66. The summed E-state index contributed by atoms with van der Waals surface area (Å²) >= 11 is 0. The molecule has 1 atom stereocenters. The number of hydrogen-bond acceptors (Lipinski definition) is 3. The quantitative estimate of drug-likeness (QED) is 0.666. The molecule has 3 heteroatoms. The van der Waals surface area contributed by atoms with Gasteiger partial charge in [0.15, 0.2) is 5.79 Å². The van der Waals surface area contributed by atoms with Crippen LogP contribution in [0.4, 0.5) is 0 Å². The van der Waals surface area contributed by atoms with Gasteiger partial charge in [0, 0.05) is 12.8 Å². The first-order valence-corrected chi connectivity index (χ1v) is 5.77. The van der Waals surface area contributed by atoms with E-state index in [1.807, 2.05) is 13.8 Å². The van der Waals surface area contributed by atoms with Gasteiger partial charge in [0.05, 0.1) is 24.7 Å². The topological polar surface area (TPSA) is 42.2 Å². The Bertz CT molecular complexity index is 274. The average Bonchev–Trinajstić information content (AvgIpc) is 2.66.